The van der Waals surface area contributed by atoms with Crippen LogP contribution in [0, 0.1) is 0 Å². The molecule has 1 aromatic rings. The highest BCUT2D eigenvalue weighted by molar-refractivity contribution is 7.99. The van der Waals surface area contributed by atoms with E-state index in [4.69, 9.17) is 4.74 Å². The zero-order valence-electron chi connectivity index (χ0n) is 8.32. The first-order valence-electron chi connectivity index (χ1n) is 4.33. The van der Waals surface area contributed by atoms with E-state index in [2.05, 4.69) is 4.98 Å². The predicted molar refractivity (Wildman–Crippen MR) is 56.8 cm³/mol. The normalized spacial score (nSPS) is 10.1. The van der Waals surface area contributed by atoms with Crippen molar-refractivity contribution >= 4 is 17.5 Å². The van der Waals surface area contributed by atoms with Gasteiger partial charge in [0, 0.05) is 24.6 Å². The Labute approximate surface area is 87.9 Å². The molecule has 0 saturated carbocycles. The lowest BCUT2D eigenvalue weighted by Gasteiger charge is -2.04. The summed E-state index contributed by atoms with van der Waals surface area (Å²) in [5.41, 5.74) is 0.689. The molecule has 0 bridgehead atoms. The number of hydrogen-bond acceptors (Lipinski definition) is 4. The van der Waals surface area contributed by atoms with Crippen LogP contribution in [-0.4, -0.2) is 30.2 Å². The van der Waals surface area contributed by atoms with Crippen LogP contribution in [-0.2, 0) is 4.74 Å². The second kappa shape index (κ2) is 5.78. The first-order valence-corrected chi connectivity index (χ1v) is 5.32. The van der Waals surface area contributed by atoms with Crippen molar-refractivity contribution in [1.82, 2.24) is 4.98 Å². The lowest BCUT2D eigenvalue weighted by Crippen LogP contribution is -1.99. The van der Waals surface area contributed by atoms with Crippen LogP contribution >= 0.6 is 11.8 Å². The maximum absolute atomic E-state index is 11.2. The molecular weight excluding hydrogens is 198 g/mol. The molecule has 0 radical (unpaired) electrons. The summed E-state index contributed by atoms with van der Waals surface area (Å²) in [5, 5.41) is 0.789. The van der Waals surface area contributed by atoms with Gasteiger partial charge in [0.2, 0.25) is 0 Å². The van der Waals surface area contributed by atoms with E-state index < -0.39 is 0 Å². The molecule has 3 nitrogen and oxygen atoms in total. The van der Waals surface area contributed by atoms with E-state index >= 15 is 0 Å². The van der Waals surface area contributed by atoms with E-state index in [0.29, 0.717) is 12.2 Å². The molecule has 0 aliphatic heterocycles. The lowest BCUT2D eigenvalue weighted by molar-refractivity contribution is 0.101. The third kappa shape index (κ3) is 3.12. The first kappa shape index (κ1) is 11.2. The monoisotopic (exact) mass is 211 g/mol. The molecular formula is C10H13NO2S. The largest absolute Gasteiger partial charge is 0.384 e. The van der Waals surface area contributed by atoms with Crippen LogP contribution in [0.25, 0.3) is 0 Å². The summed E-state index contributed by atoms with van der Waals surface area (Å²) in [6, 6.07) is 3.57. The van der Waals surface area contributed by atoms with Crippen molar-refractivity contribution in [3.63, 3.8) is 0 Å². The Bertz CT molecular complexity index is 315. The molecule has 0 saturated heterocycles. The fourth-order valence-corrected chi connectivity index (χ4v) is 1.94. The molecule has 0 aromatic carbocycles. The van der Waals surface area contributed by atoms with Crippen molar-refractivity contribution in [3.8, 4) is 0 Å². The summed E-state index contributed by atoms with van der Waals surface area (Å²) in [6.07, 6.45) is 1.70. The summed E-state index contributed by atoms with van der Waals surface area (Å²) in [5.74, 6) is 0.867. The summed E-state index contributed by atoms with van der Waals surface area (Å²) < 4.78 is 4.93. The molecule has 0 spiro atoms. The number of ether oxygens (including phenoxy) is 1. The minimum absolute atomic E-state index is 0.0537. The van der Waals surface area contributed by atoms with Crippen molar-refractivity contribution in [2.75, 3.05) is 19.5 Å². The maximum atomic E-state index is 11.2. The molecule has 0 fully saturated rings. The minimum atomic E-state index is 0.0537. The van der Waals surface area contributed by atoms with Crippen molar-refractivity contribution in [2.45, 2.75) is 11.9 Å². The molecule has 0 N–H and O–H groups in total. The van der Waals surface area contributed by atoms with Gasteiger partial charge < -0.3 is 4.74 Å². The van der Waals surface area contributed by atoms with Gasteiger partial charge >= 0.3 is 0 Å². The second-order valence-corrected chi connectivity index (χ2v) is 3.84. The third-order valence-electron chi connectivity index (χ3n) is 1.68. The Hall–Kier alpha value is -0.870. The van der Waals surface area contributed by atoms with E-state index in [-0.39, 0.29) is 5.78 Å². The second-order valence-electron chi connectivity index (χ2n) is 2.75. The highest BCUT2D eigenvalue weighted by Crippen LogP contribution is 2.19. The molecule has 4 heteroatoms. The Kier molecular flexibility index (Phi) is 4.62. The topological polar surface area (TPSA) is 39.2 Å². The molecule has 0 unspecified atom stereocenters. The third-order valence-corrected chi connectivity index (χ3v) is 2.65. The average Bonchev–Trinajstić information content (AvgIpc) is 2.19. The number of nitrogens with zero attached hydrogens (tertiary/aromatic N) is 1. The van der Waals surface area contributed by atoms with Gasteiger partial charge in [0.25, 0.3) is 0 Å². The molecule has 0 atom stereocenters. The van der Waals surface area contributed by atoms with Gasteiger partial charge in [-0.3, -0.25) is 4.79 Å². The summed E-state index contributed by atoms with van der Waals surface area (Å²) in [6.45, 7) is 2.22. The highest BCUT2D eigenvalue weighted by atomic mass is 32.2. The van der Waals surface area contributed by atoms with E-state index in [9.17, 15) is 4.79 Å². The fourth-order valence-electron chi connectivity index (χ4n) is 0.995. The Morgan fingerprint density at radius 3 is 3.07 bits per heavy atom. The number of ketones is 1. The van der Waals surface area contributed by atoms with Gasteiger partial charge in [-0.1, -0.05) is 0 Å². The van der Waals surface area contributed by atoms with Gasteiger partial charge in [0.1, 0.15) is 5.03 Å². The summed E-state index contributed by atoms with van der Waals surface area (Å²) in [7, 11) is 1.66. The predicted octanol–water partition coefficient (Wildman–Crippen LogP) is 2.02. The SMILES string of the molecule is COCCSc1ncccc1C(C)=O. The van der Waals surface area contributed by atoms with Gasteiger partial charge in [-0.15, -0.1) is 11.8 Å². The van der Waals surface area contributed by atoms with E-state index in [1.807, 2.05) is 0 Å². The van der Waals surface area contributed by atoms with E-state index in [1.165, 1.54) is 0 Å². The zero-order chi connectivity index (χ0) is 10.4. The van der Waals surface area contributed by atoms with Gasteiger partial charge in [-0.25, -0.2) is 4.98 Å². The quantitative estimate of drug-likeness (QED) is 0.424. The van der Waals surface area contributed by atoms with Crippen LogP contribution in [0.2, 0.25) is 0 Å². The first-order chi connectivity index (χ1) is 6.75. The van der Waals surface area contributed by atoms with Crippen LogP contribution in [0.4, 0.5) is 0 Å². The highest BCUT2D eigenvalue weighted by Gasteiger charge is 2.07. The fraction of sp³-hybridized carbons (Fsp3) is 0.400. The Morgan fingerprint density at radius 2 is 2.43 bits per heavy atom. The smallest absolute Gasteiger partial charge is 0.162 e. The molecule has 0 aliphatic carbocycles. The molecule has 1 heterocycles. The van der Waals surface area contributed by atoms with E-state index in [1.54, 1.807) is 44.1 Å². The van der Waals surface area contributed by atoms with Crippen LogP contribution in [0.1, 0.15) is 17.3 Å². The molecule has 1 aromatic heterocycles. The van der Waals surface area contributed by atoms with Crippen molar-refractivity contribution in [2.24, 2.45) is 0 Å². The van der Waals surface area contributed by atoms with Crippen LogP contribution in [0.15, 0.2) is 23.4 Å². The number of rotatable bonds is 5. The Morgan fingerprint density at radius 1 is 1.64 bits per heavy atom. The standard InChI is InChI=1S/C10H13NO2S/c1-8(12)9-4-3-5-11-10(9)14-7-6-13-2/h3-5H,6-7H2,1-2H3. The van der Waals surface area contributed by atoms with Crippen molar-refractivity contribution in [1.29, 1.82) is 0 Å². The van der Waals surface area contributed by atoms with Crippen LogP contribution in [0.5, 0.6) is 0 Å². The number of Topliss-reactive ketones (excluding diaryl/α,β-unsaturated/α-hetero) is 1. The summed E-state index contributed by atoms with van der Waals surface area (Å²) >= 11 is 1.54. The molecule has 0 aliphatic rings. The molecule has 1 rings (SSSR count). The van der Waals surface area contributed by atoms with Gasteiger partial charge in [-0.2, -0.15) is 0 Å². The van der Waals surface area contributed by atoms with E-state index in [0.717, 1.165) is 10.8 Å². The van der Waals surface area contributed by atoms with Gasteiger partial charge in [0.15, 0.2) is 5.78 Å². The average molecular weight is 211 g/mol. The van der Waals surface area contributed by atoms with Crippen molar-refractivity contribution in [3.05, 3.63) is 23.9 Å². The van der Waals surface area contributed by atoms with Crippen LogP contribution < -0.4 is 0 Å². The van der Waals surface area contributed by atoms with Crippen LogP contribution in [0.3, 0.4) is 0 Å². The lowest BCUT2D eigenvalue weighted by atomic mass is 10.2. The maximum Gasteiger partial charge on any atom is 0.162 e. The number of carbonyl (C=O) groups excluding carboxylic acids is 1. The number of thioether (sulfide) groups is 1. The number of pyridine rings is 1. The molecule has 14 heavy (non-hydrogen) atoms. The van der Waals surface area contributed by atoms with Gasteiger partial charge in [0.05, 0.1) is 6.61 Å². The molecule has 76 valence electrons. The number of methoxy groups -OCH3 is 1. The molecule has 0 amide bonds. The number of hydrogen-bond donors (Lipinski definition) is 0. The summed E-state index contributed by atoms with van der Waals surface area (Å²) in [4.78, 5) is 15.4. The zero-order valence-corrected chi connectivity index (χ0v) is 9.13. The number of carbonyl (C=O) groups is 1. The van der Waals surface area contributed by atoms with Crippen molar-refractivity contribution < 1.29 is 9.53 Å². The Balaban J connectivity index is 2.69. The number of aromatic nitrogens is 1. The van der Waals surface area contributed by atoms with Gasteiger partial charge in [-0.05, 0) is 19.1 Å². The minimum Gasteiger partial charge on any atom is -0.384 e.